The van der Waals surface area contributed by atoms with Gasteiger partial charge >= 0.3 is 0 Å². The molecule has 2 aromatic rings. The largest absolute Gasteiger partial charge is 0.367 e. The minimum atomic E-state index is -3.37. The van der Waals surface area contributed by atoms with E-state index in [0.717, 1.165) is 18.7 Å². The van der Waals surface area contributed by atoms with Gasteiger partial charge in [0.2, 0.25) is 10.0 Å². The van der Waals surface area contributed by atoms with Crippen molar-refractivity contribution in [3.63, 3.8) is 0 Å². The number of aromatic nitrogens is 1. The van der Waals surface area contributed by atoms with Crippen molar-refractivity contribution >= 4 is 15.8 Å². The summed E-state index contributed by atoms with van der Waals surface area (Å²) in [5, 5.41) is 3.36. The van der Waals surface area contributed by atoms with Crippen molar-refractivity contribution < 1.29 is 8.42 Å². The van der Waals surface area contributed by atoms with Crippen LogP contribution < -0.4 is 5.32 Å². The van der Waals surface area contributed by atoms with Gasteiger partial charge in [0.25, 0.3) is 0 Å². The number of anilines is 1. The Bertz CT molecular complexity index is 697. The second kappa shape index (κ2) is 6.46. The highest BCUT2D eigenvalue weighted by molar-refractivity contribution is 7.89. The third kappa shape index (κ3) is 3.28. The summed E-state index contributed by atoms with van der Waals surface area (Å²) in [5.41, 5.74) is 0. The number of sulfonamides is 1. The Morgan fingerprint density at radius 3 is 2.32 bits per heavy atom. The molecule has 0 atom stereocenters. The molecule has 0 unspecified atom stereocenters. The summed E-state index contributed by atoms with van der Waals surface area (Å²) in [6.07, 6.45) is 3.31. The van der Waals surface area contributed by atoms with Crippen LogP contribution in [0.4, 0.5) is 5.82 Å². The summed E-state index contributed by atoms with van der Waals surface area (Å²) in [5.74, 6) is 0.840. The Morgan fingerprint density at radius 2 is 1.68 bits per heavy atom. The van der Waals surface area contributed by atoms with E-state index < -0.39 is 10.0 Å². The second-order valence-corrected chi connectivity index (χ2v) is 7.29. The molecule has 5 nitrogen and oxygen atoms in total. The van der Waals surface area contributed by atoms with Gasteiger partial charge in [-0.25, -0.2) is 13.4 Å². The van der Waals surface area contributed by atoms with Crippen LogP contribution in [0.3, 0.4) is 0 Å². The molecule has 0 aliphatic carbocycles. The lowest BCUT2D eigenvalue weighted by Gasteiger charge is -2.31. The van der Waals surface area contributed by atoms with Crippen molar-refractivity contribution in [3.8, 4) is 0 Å². The molecular formula is C16H19N3O2S. The van der Waals surface area contributed by atoms with Crippen molar-refractivity contribution in [1.29, 1.82) is 0 Å². The molecule has 0 saturated carbocycles. The monoisotopic (exact) mass is 317 g/mol. The van der Waals surface area contributed by atoms with Crippen LogP contribution in [0.25, 0.3) is 0 Å². The fourth-order valence-corrected chi connectivity index (χ4v) is 4.13. The number of hydrogen-bond acceptors (Lipinski definition) is 4. The first-order valence-electron chi connectivity index (χ1n) is 7.39. The average Bonchev–Trinajstić information content (AvgIpc) is 2.57. The summed E-state index contributed by atoms with van der Waals surface area (Å²) in [6, 6.07) is 14.6. The average molecular weight is 317 g/mol. The molecule has 0 amide bonds. The van der Waals surface area contributed by atoms with Crippen LogP contribution in [0.2, 0.25) is 0 Å². The Morgan fingerprint density at radius 1 is 1.00 bits per heavy atom. The van der Waals surface area contributed by atoms with E-state index in [1.54, 1.807) is 34.8 Å². The highest BCUT2D eigenvalue weighted by Crippen LogP contribution is 2.21. The van der Waals surface area contributed by atoms with Gasteiger partial charge in [-0.3, -0.25) is 0 Å². The lowest BCUT2D eigenvalue weighted by molar-refractivity contribution is 0.329. The molecular weight excluding hydrogens is 298 g/mol. The standard InChI is InChI=1S/C16H19N3O2S/c20-22(21,15-6-2-1-3-7-15)19-12-9-14(10-13-19)18-16-8-4-5-11-17-16/h1-8,11,14H,9-10,12-13H2,(H,17,18). The van der Waals surface area contributed by atoms with Crippen LogP contribution in [0.5, 0.6) is 0 Å². The number of pyridine rings is 1. The maximum atomic E-state index is 12.5. The summed E-state index contributed by atoms with van der Waals surface area (Å²) in [7, 11) is -3.37. The van der Waals surface area contributed by atoms with Gasteiger partial charge in [0.1, 0.15) is 5.82 Å². The summed E-state index contributed by atoms with van der Waals surface area (Å²) in [4.78, 5) is 4.61. The first-order valence-corrected chi connectivity index (χ1v) is 8.83. The smallest absolute Gasteiger partial charge is 0.243 e. The molecule has 0 spiro atoms. The van der Waals surface area contributed by atoms with E-state index in [2.05, 4.69) is 10.3 Å². The quantitative estimate of drug-likeness (QED) is 0.940. The van der Waals surface area contributed by atoms with Gasteiger partial charge in [-0.05, 0) is 37.1 Å². The molecule has 1 N–H and O–H groups in total. The van der Waals surface area contributed by atoms with Crippen LogP contribution in [0, 0.1) is 0 Å². The molecule has 1 saturated heterocycles. The highest BCUT2D eigenvalue weighted by Gasteiger charge is 2.29. The Balaban J connectivity index is 1.62. The Hall–Kier alpha value is -1.92. The summed E-state index contributed by atoms with van der Waals surface area (Å²) >= 11 is 0. The zero-order valence-electron chi connectivity index (χ0n) is 12.2. The van der Waals surface area contributed by atoms with Crippen molar-refractivity contribution in [2.24, 2.45) is 0 Å². The molecule has 6 heteroatoms. The summed E-state index contributed by atoms with van der Waals surface area (Å²) < 4.78 is 26.7. The predicted molar refractivity (Wildman–Crippen MR) is 86.1 cm³/mol. The second-order valence-electron chi connectivity index (χ2n) is 5.35. The van der Waals surface area contributed by atoms with Gasteiger partial charge in [-0.1, -0.05) is 24.3 Å². The van der Waals surface area contributed by atoms with Crippen molar-refractivity contribution in [3.05, 3.63) is 54.7 Å². The number of nitrogens with zero attached hydrogens (tertiary/aromatic N) is 2. The molecule has 1 fully saturated rings. The van der Waals surface area contributed by atoms with Crippen LogP contribution >= 0.6 is 0 Å². The van der Waals surface area contributed by atoms with Gasteiger partial charge in [0, 0.05) is 25.3 Å². The molecule has 0 bridgehead atoms. The lowest BCUT2D eigenvalue weighted by Crippen LogP contribution is -2.42. The fraction of sp³-hybridized carbons (Fsp3) is 0.312. The molecule has 22 heavy (non-hydrogen) atoms. The predicted octanol–water partition coefficient (Wildman–Crippen LogP) is 2.35. The minimum Gasteiger partial charge on any atom is -0.367 e. The number of rotatable bonds is 4. The molecule has 3 rings (SSSR count). The third-order valence-electron chi connectivity index (χ3n) is 3.85. The molecule has 1 aliphatic heterocycles. The van der Waals surface area contributed by atoms with E-state index in [4.69, 9.17) is 0 Å². The van der Waals surface area contributed by atoms with Gasteiger partial charge < -0.3 is 5.32 Å². The van der Waals surface area contributed by atoms with Crippen molar-refractivity contribution in [2.75, 3.05) is 18.4 Å². The maximum Gasteiger partial charge on any atom is 0.243 e. The number of benzene rings is 1. The van der Waals surface area contributed by atoms with Gasteiger partial charge in [0.05, 0.1) is 4.90 Å². The third-order valence-corrected chi connectivity index (χ3v) is 5.76. The Labute approximate surface area is 131 Å². The molecule has 1 aromatic carbocycles. The minimum absolute atomic E-state index is 0.261. The molecule has 1 aliphatic rings. The van der Waals surface area contributed by atoms with Crippen molar-refractivity contribution in [2.45, 2.75) is 23.8 Å². The molecule has 0 radical (unpaired) electrons. The van der Waals surface area contributed by atoms with Gasteiger partial charge in [-0.15, -0.1) is 0 Å². The molecule has 2 heterocycles. The van der Waals surface area contributed by atoms with E-state index in [1.807, 2.05) is 24.3 Å². The van der Waals surface area contributed by atoms with E-state index in [-0.39, 0.29) is 6.04 Å². The number of hydrogen-bond donors (Lipinski definition) is 1. The SMILES string of the molecule is O=S(=O)(c1ccccc1)N1CCC(Nc2ccccn2)CC1. The van der Waals surface area contributed by atoms with E-state index in [9.17, 15) is 8.42 Å². The van der Waals surface area contributed by atoms with Crippen molar-refractivity contribution in [1.82, 2.24) is 9.29 Å². The number of piperidine rings is 1. The fourth-order valence-electron chi connectivity index (χ4n) is 2.64. The van der Waals surface area contributed by atoms with E-state index >= 15 is 0 Å². The molecule has 116 valence electrons. The van der Waals surface area contributed by atoms with E-state index in [0.29, 0.717) is 18.0 Å². The van der Waals surface area contributed by atoms with E-state index in [1.165, 1.54) is 0 Å². The first-order chi connectivity index (χ1) is 10.7. The lowest BCUT2D eigenvalue weighted by atomic mass is 10.1. The Kier molecular flexibility index (Phi) is 4.40. The molecule has 1 aromatic heterocycles. The van der Waals surface area contributed by atoms with Crippen LogP contribution in [-0.2, 0) is 10.0 Å². The van der Waals surface area contributed by atoms with Gasteiger partial charge in [0.15, 0.2) is 0 Å². The number of nitrogens with one attached hydrogen (secondary N) is 1. The normalized spacial score (nSPS) is 17.3. The van der Waals surface area contributed by atoms with Crippen LogP contribution in [0.1, 0.15) is 12.8 Å². The topological polar surface area (TPSA) is 62.3 Å². The van der Waals surface area contributed by atoms with Crippen LogP contribution in [-0.4, -0.2) is 36.8 Å². The zero-order chi connectivity index (χ0) is 15.4. The zero-order valence-corrected chi connectivity index (χ0v) is 13.0. The summed E-state index contributed by atoms with van der Waals surface area (Å²) in [6.45, 7) is 1.06. The highest BCUT2D eigenvalue weighted by atomic mass is 32.2. The van der Waals surface area contributed by atoms with Crippen LogP contribution in [0.15, 0.2) is 59.6 Å². The van der Waals surface area contributed by atoms with Gasteiger partial charge in [-0.2, -0.15) is 4.31 Å². The maximum absolute atomic E-state index is 12.5. The first kappa shape index (κ1) is 15.0.